The van der Waals surface area contributed by atoms with Crippen molar-refractivity contribution in [1.29, 1.82) is 0 Å². The van der Waals surface area contributed by atoms with Crippen LogP contribution in [0, 0.1) is 12.7 Å². The number of aliphatic hydroxyl groups excluding tert-OH is 1. The molecule has 0 aliphatic rings. The molecule has 108 valence electrons. The molecule has 0 radical (unpaired) electrons. The molecule has 20 heavy (non-hydrogen) atoms. The number of thiazole rings is 1. The number of benzene rings is 1. The summed E-state index contributed by atoms with van der Waals surface area (Å²) in [5.41, 5.74) is 3.63. The molecule has 2 atom stereocenters. The Morgan fingerprint density at radius 3 is 2.65 bits per heavy atom. The van der Waals surface area contributed by atoms with Crippen LogP contribution < -0.4 is 5.32 Å². The van der Waals surface area contributed by atoms with Crippen LogP contribution in [0.15, 0.2) is 29.8 Å². The Balaban J connectivity index is 1.83. The van der Waals surface area contributed by atoms with E-state index in [2.05, 4.69) is 10.3 Å². The summed E-state index contributed by atoms with van der Waals surface area (Å²) in [6, 6.07) is 6.16. The van der Waals surface area contributed by atoms with Gasteiger partial charge in [-0.05, 0) is 38.0 Å². The lowest BCUT2D eigenvalue weighted by Gasteiger charge is -2.18. The Kier molecular flexibility index (Phi) is 5.23. The summed E-state index contributed by atoms with van der Waals surface area (Å²) < 4.78 is 12.8. The van der Waals surface area contributed by atoms with Crippen molar-refractivity contribution in [2.75, 3.05) is 0 Å². The van der Waals surface area contributed by atoms with Crippen molar-refractivity contribution >= 4 is 11.3 Å². The molecule has 1 aromatic heterocycles. The second-order valence-corrected chi connectivity index (χ2v) is 5.89. The molecule has 0 aliphatic heterocycles. The second-order valence-electron chi connectivity index (χ2n) is 4.95. The van der Waals surface area contributed by atoms with Crippen molar-refractivity contribution in [3.63, 3.8) is 0 Å². The first kappa shape index (κ1) is 15.1. The van der Waals surface area contributed by atoms with Gasteiger partial charge in [-0.25, -0.2) is 9.37 Å². The molecule has 0 aliphatic carbocycles. The predicted octanol–water partition coefficient (Wildman–Crippen LogP) is 3.19. The summed E-state index contributed by atoms with van der Waals surface area (Å²) in [4.78, 5) is 5.42. The lowest BCUT2D eigenvalue weighted by atomic mass is 10.0. The number of aromatic nitrogens is 1. The van der Waals surface area contributed by atoms with E-state index in [1.165, 1.54) is 17.0 Å². The molecule has 0 bridgehead atoms. The average Bonchev–Trinajstić information content (AvgIpc) is 2.82. The van der Waals surface area contributed by atoms with Crippen LogP contribution in [0.2, 0.25) is 0 Å². The van der Waals surface area contributed by atoms with E-state index in [0.29, 0.717) is 6.42 Å². The van der Waals surface area contributed by atoms with Crippen LogP contribution in [0.4, 0.5) is 4.39 Å². The van der Waals surface area contributed by atoms with Gasteiger partial charge in [0.25, 0.3) is 0 Å². The number of nitrogens with one attached hydrogen (secondary N) is 1. The highest BCUT2D eigenvalue weighted by Crippen LogP contribution is 2.19. The van der Waals surface area contributed by atoms with Gasteiger partial charge in [0.05, 0.1) is 17.3 Å². The summed E-state index contributed by atoms with van der Waals surface area (Å²) in [6.07, 6.45) is 0.00407. The van der Waals surface area contributed by atoms with Crippen LogP contribution in [0.5, 0.6) is 0 Å². The van der Waals surface area contributed by atoms with E-state index in [9.17, 15) is 9.50 Å². The van der Waals surface area contributed by atoms with Crippen LogP contribution >= 0.6 is 11.3 Å². The molecule has 1 heterocycles. The first-order valence-electron chi connectivity index (χ1n) is 6.62. The molecule has 0 fully saturated rings. The molecular weight excluding hydrogens is 275 g/mol. The molecule has 5 heteroatoms. The fraction of sp³-hybridized carbons (Fsp3) is 0.400. The fourth-order valence-electron chi connectivity index (χ4n) is 2.00. The van der Waals surface area contributed by atoms with Crippen molar-refractivity contribution in [1.82, 2.24) is 10.3 Å². The Labute approximate surface area is 122 Å². The monoisotopic (exact) mass is 294 g/mol. The van der Waals surface area contributed by atoms with Crippen LogP contribution in [-0.2, 0) is 6.54 Å². The van der Waals surface area contributed by atoms with Crippen LogP contribution in [0.3, 0.4) is 0 Å². The fourth-order valence-corrected chi connectivity index (χ4v) is 2.73. The zero-order chi connectivity index (χ0) is 14.5. The molecule has 2 N–H and O–H groups in total. The molecule has 0 unspecified atom stereocenters. The Hall–Kier alpha value is -1.30. The molecule has 0 saturated carbocycles. The van der Waals surface area contributed by atoms with E-state index in [1.807, 2.05) is 19.4 Å². The maximum Gasteiger partial charge on any atom is 0.123 e. The van der Waals surface area contributed by atoms with Gasteiger partial charge < -0.3 is 10.4 Å². The summed E-state index contributed by atoms with van der Waals surface area (Å²) in [5, 5.41) is 13.5. The molecule has 0 spiro atoms. The van der Waals surface area contributed by atoms with Gasteiger partial charge in [0.1, 0.15) is 5.82 Å². The summed E-state index contributed by atoms with van der Waals surface area (Å²) in [7, 11) is 0. The van der Waals surface area contributed by atoms with Crippen molar-refractivity contribution < 1.29 is 9.50 Å². The second kappa shape index (κ2) is 6.92. The van der Waals surface area contributed by atoms with Crippen LogP contribution in [0.25, 0.3) is 0 Å². The van der Waals surface area contributed by atoms with Crippen LogP contribution in [-0.4, -0.2) is 16.1 Å². The van der Waals surface area contributed by atoms with Crippen LogP contribution in [0.1, 0.15) is 35.6 Å². The maximum absolute atomic E-state index is 12.8. The third-order valence-corrected chi connectivity index (χ3v) is 4.22. The topological polar surface area (TPSA) is 45.2 Å². The number of aliphatic hydroxyl groups is 1. The Morgan fingerprint density at radius 1 is 1.35 bits per heavy atom. The minimum Gasteiger partial charge on any atom is -0.388 e. The number of hydrogen-bond acceptors (Lipinski definition) is 4. The number of nitrogens with zero attached hydrogens (tertiary/aromatic N) is 1. The molecule has 2 rings (SSSR count). The minimum atomic E-state index is -0.583. The highest BCUT2D eigenvalue weighted by molar-refractivity contribution is 7.09. The highest BCUT2D eigenvalue weighted by atomic mass is 32.1. The van der Waals surface area contributed by atoms with Gasteiger partial charge in [-0.15, -0.1) is 11.3 Å². The smallest absolute Gasteiger partial charge is 0.123 e. The third-order valence-electron chi connectivity index (χ3n) is 3.29. The Bertz CT molecular complexity index is 541. The van der Waals surface area contributed by atoms with E-state index in [-0.39, 0.29) is 11.9 Å². The van der Waals surface area contributed by atoms with E-state index in [1.54, 1.807) is 23.5 Å². The van der Waals surface area contributed by atoms with E-state index in [0.717, 1.165) is 17.8 Å². The SMILES string of the molecule is Cc1ncsc1CN[C@@H](C)C[C@H](O)c1ccc(F)cc1. The molecule has 0 amide bonds. The van der Waals surface area contributed by atoms with E-state index < -0.39 is 6.10 Å². The number of halogens is 1. The lowest BCUT2D eigenvalue weighted by Crippen LogP contribution is -2.27. The zero-order valence-electron chi connectivity index (χ0n) is 11.6. The van der Waals surface area contributed by atoms with Crippen molar-refractivity contribution in [3.8, 4) is 0 Å². The lowest BCUT2D eigenvalue weighted by molar-refractivity contribution is 0.154. The maximum atomic E-state index is 12.8. The van der Waals surface area contributed by atoms with Gasteiger partial charge in [-0.3, -0.25) is 0 Å². The summed E-state index contributed by atoms with van der Waals surface area (Å²) >= 11 is 1.63. The standard InChI is InChI=1S/C15H19FN2OS/c1-10(17-8-15-11(2)18-9-20-15)7-14(19)12-3-5-13(16)6-4-12/h3-6,9-10,14,17,19H,7-8H2,1-2H3/t10-,14-/m0/s1. The molecule has 1 aromatic carbocycles. The van der Waals surface area contributed by atoms with Gasteiger partial charge in [0, 0.05) is 17.5 Å². The molecular formula is C15H19FN2OS. The van der Waals surface area contributed by atoms with Gasteiger partial charge in [-0.1, -0.05) is 12.1 Å². The average molecular weight is 294 g/mol. The van der Waals surface area contributed by atoms with Gasteiger partial charge in [0.15, 0.2) is 0 Å². The Morgan fingerprint density at radius 2 is 2.05 bits per heavy atom. The predicted molar refractivity (Wildman–Crippen MR) is 79.1 cm³/mol. The van der Waals surface area contributed by atoms with E-state index in [4.69, 9.17) is 0 Å². The van der Waals surface area contributed by atoms with Crippen molar-refractivity contribution in [2.45, 2.75) is 39.0 Å². The first-order valence-corrected chi connectivity index (χ1v) is 7.50. The highest BCUT2D eigenvalue weighted by Gasteiger charge is 2.13. The van der Waals surface area contributed by atoms with E-state index >= 15 is 0 Å². The van der Waals surface area contributed by atoms with Gasteiger partial charge >= 0.3 is 0 Å². The number of rotatable bonds is 6. The molecule has 2 aromatic rings. The summed E-state index contributed by atoms with van der Waals surface area (Å²) in [6.45, 7) is 4.78. The van der Waals surface area contributed by atoms with Crippen molar-refractivity contribution in [3.05, 3.63) is 51.7 Å². The third kappa shape index (κ3) is 4.10. The quantitative estimate of drug-likeness (QED) is 0.860. The molecule has 3 nitrogen and oxygen atoms in total. The number of aryl methyl sites for hydroxylation is 1. The first-order chi connectivity index (χ1) is 9.56. The molecule has 0 saturated heterocycles. The summed E-state index contributed by atoms with van der Waals surface area (Å²) in [5.74, 6) is -0.284. The van der Waals surface area contributed by atoms with Crippen molar-refractivity contribution in [2.24, 2.45) is 0 Å². The normalized spacial score (nSPS) is 14.2. The minimum absolute atomic E-state index is 0.163. The zero-order valence-corrected chi connectivity index (χ0v) is 12.5. The largest absolute Gasteiger partial charge is 0.388 e. The van der Waals surface area contributed by atoms with Gasteiger partial charge in [-0.2, -0.15) is 0 Å². The van der Waals surface area contributed by atoms with Gasteiger partial charge in [0.2, 0.25) is 0 Å². The number of hydrogen-bond donors (Lipinski definition) is 2.